The normalized spacial score (nSPS) is 17.3. The van der Waals surface area contributed by atoms with Crippen LogP contribution in [0.25, 0.3) is 0 Å². The zero-order valence-corrected chi connectivity index (χ0v) is 17.9. The summed E-state index contributed by atoms with van der Waals surface area (Å²) in [5, 5.41) is 9.89. The van der Waals surface area contributed by atoms with Crippen molar-refractivity contribution in [3.8, 4) is 0 Å². The Hall–Kier alpha value is -2.53. The van der Waals surface area contributed by atoms with Gasteiger partial charge >= 0.3 is 0 Å². The summed E-state index contributed by atoms with van der Waals surface area (Å²) in [5.41, 5.74) is 2.84. The Morgan fingerprint density at radius 1 is 1.03 bits per heavy atom. The largest absolute Gasteiger partial charge is 0.389 e. The third-order valence-corrected chi connectivity index (χ3v) is 5.67. The summed E-state index contributed by atoms with van der Waals surface area (Å²) in [6, 6.07) is 11.7. The molecule has 2 aromatic rings. The van der Waals surface area contributed by atoms with Crippen LogP contribution >= 0.6 is 0 Å². The number of carbonyl (C=O) groups excluding carboxylic acids is 1. The number of anilines is 1. The fourth-order valence-electron chi connectivity index (χ4n) is 3.98. The number of hydrogen-bond donors (Lipinski definition) is 1. The van der Waals surface area contributed by atoms with Gasteiger partial charge in [0.05, 0.1) is 17.5 Å². The van der Waals surface area contributed by atoms with Crippen LogP contribution in [0.4, 0.5) is 10.1 Å². The van der Waals surface area contributed by atoms with Crippen LogP contribution in [0.15, 0.2) is 47.5 Å². The van der Waals surface area contributed by atoms with Crippen LogP contribution < -0.4 is 4.90 Å². The molecular weight excluding hydrogens is 379 g/mol. The van der Waals surface area contributed by atoms with Crippen molar-refractivity contribution >= 4 is 17.3 Å². The molecule has 1 heterocycles. The molecule has 2 aliphatic rings. The third-order valence-electron chi connectivity index (χ3n) is 5.67. The summed E-state index contributed by atoms with van der Waals surface area (Å²) in [6.07, 6.45) is 8.34. The highest BCUT2D eigenvalue weighted by Crippen LogP contribution is 2.30. The van der Waals surface area contributed by atoms with Crippen LogP contribution in [0, 0.1) is 5.82 Å². The van der Waals surface area contributed by atoms with E-state index in [1.807, 2.05) is 6.92 Å². The maximum Gasteiger partial charge on any atom is 0.248 e. The molecule has 160 valence electrons. The quantitative estimate of drug-likeness (QED) is 0.734. The number of aliphatic hydroxyl groups excluding tert-OH is 1. The Balaban J connectivity index is 0.000000367. The van der Waals surface area contributed by atoms with E-state index < -0.39 is 6.10 Å². The van der Waals surface area contributed by atoms with Crippen LogP contribution in [0.1, 0.15) is 75.2 Å². The second kappa shape index (κ2) is 10.5. The molecule has 1 amide bonds. The highest BCUT2D eigenvalue weighted by molar-refractivity contribution is 6.19. The molecule has 2 aromatic carbocycles. The standard InChI is InChI=1S/C19H19FN2O2.C6H12/c1-3-22-17-9-8-13(12(2)23)10-15(17)19(21-11-18(22)24)14-6-4-5-7-16(14)20;1-2-4-6-5-3-1/h4-10,12,23H,3,11H2,1-2H3;1-6H2. The summed E-state index contributed by atoms with van der Waals surface area (Å²) in [5.74, 6) is -0.517. The summed E-state index contributed by atoms with van der Waals surface area (Å²) in [6.45, 7) is 4.02. The number of fused-ring (bicyclic) bond motifs is 1. The number of rotatable bonds is 3. The minimum absolute atomic E-state index is 0.0315. The van der Waals surface area contributed by atoms with E-state index in [9.17, 15) is 14.3 Å². The van der Waals surface area contributed by atoms with Gasteiger partial charge in [-0.15, -0.1) is 0 Å². The lowest BCUT2D eigenvalue weighted by atomic mass is 9.96. The van der Waals surface area contributed by atoms with Crippen molar-refractivity contribution in [3.63, 3.8) is 0 Å². The molecule has 1 aliphatic heterocycles. The Morgan fingerprint density at radius 2 is 1.67 bits per heavy atom. The molecule has 30 heavy (non-hydrogen) atoms. The van der Waals surface area contributed by atoms with Crippen LogP contribution in [-0.2, 0) is 4.79 Å². The van der Waals surface area contributed by atoms with E-state index in [1.54, 1.807) is 48.2 Å². The molecule has 0 saturated heterocycles. The first-order valence-electron chi connectivity index (χ1n) is 10.9. The minimum atomic E-state index is -0.661. The van der Waals surface area contributed by atoms with Crippen molar-refractivity contribution in [2.45, 2.75) is 58.5 Å². The van der Waals surface area contributed by atoms with E-state index >= 15 is 0 Å². The maximum atomic E-state index is 14.3. The first kappa shape index (κ1) is 22.2. The summed E-state index contributed by atoms with van der Waals surface area (Å²) < 4.78 is 14.3. The average Bonchev–Trinajstić information content (AvgIpc) is 2.91. The molecule has 1 atom stereocenters. The number of likely N-dealkylation sites (N-methyl/N-ethyl adjacent to an activating group) is 1. The first-order valence-corrected chi connectivity index (χ1v) is 10.9. The van der Waals surface area contributed by atoms with Gasteiger partial charge in [0.2, 0.25) is 5.91 Å². The van der Waals surface area contributed by atoms with Gasteiger partial charge in [-0.05, 0) is 43.7 Å². The SMILES string of the molecule is C1CCCCC1.CCN1C(=O)CN=C(c2ccccc2F)c2cc(C(C)O)ccc21. The Kier molecular flexibility index (Phi) is 7.75. The highest BCUT2D eigenvalue weighted by Gasteiger charge is 2.25. The van der Waals surface area contributed by atoms with Crippen LogP contribution in [-0.4, -0.2) is 29.8 Å². The molecule has 4 nitrogen and oxygen atoms in total. The second-order valence-electron chi connectivity index (χ2n) is 7.86. The maximum absolute atomic E-state index is 14.3. The van der Waals surface area contributed by atoms with E-state index in [0.717, 1.165) is 0 Å². The topological polar surface area (TPSA) is 52.9 Å². The molecule has 0 spiro atoms. The van der Waals surface area contributed by atoms with Crippen molar-refractivity contribution in [3.05, 3.63) is 65.0 Å². The fourth-order valence-corrected chi connectivity index (χ4v) is 3.98. The van der Waals surface area contributed by atoms with Gasteiger partial charge in [-0.3, -0.25) is 9.79 Å². The second-order valence-corrected chi connectivity index (χ2v) is 7.86. The Morgan fingerprint density at radius 3 is 2.23 bits per heavy atom. The van der Waals surface area contributed by atoms with Crippen LogP contribution in [0.2, 0.25) is 0 Å². The number of amides is 1. The fraction of sp³-hybridized carbons (Fsp3) is 0.440. The molecule has 1 fully saturated rings. The zero-order valence-electron chi connectivity index (χ0n) is 17.9. The van der Waals surface area contributed by atoms with Crippen molar-refractivity contribution in [1.82, 2.24) is 0 Å². The van der Waals surface area contributed by atoms with E-state index in [4.69, 9.17) is 0 Å². The lowest BCUT2D eigenvalue weighted by Crippen LogP contribution is -2.32. The number of hydrogen-bond acceptors (Lipinski definition) is 3. The molecule has 0 bridgehead atoms. The summed E-state index contributed by atoms with van der Waals surface area (Å²) in [7, 11) is 0. The van der Waals surface area contributed by atoms with Gasteiger partial charge in [0.15, 0.2) is 0 Å². The lowest BCUT2D eigenvalue weighted by molar-refractivity contribution is -0.117. The van der Waals surface area contributed by atoms with Gasteiger partial charge in [0.1, 0.15) is 12.4 Å². The monoisotopic (exact) mass is 410 g/mol. The molecule has 0 radical (unpaired) electrons. The number of nitrogens with zero attached hydrogens (tertiary/aromatic N) is 2. The Labute approximate surface area is 178 Å². The lowest BCUT2D eigenvalue weighted by Gasteiger charge is -2.22. The van der Waals surface area contributed by atoms with Crippen LogP contribution in [0.3, 0.4) is 0 Å². The average molecular weight is 411 g/mol. The molecule has 0 aromatic heterocycles. The highest BCUT2D eigenvalue weighted by atomic mass is 19.1. The molecule has 1 aliphatic carbocycles. The van der Waals surface area contributed by atoms with Gasteiger partial charge in [0, 0.05) is 17.7 Å². The number of aliphatic hydroxyl groups is 1. The summed E-state index contributed by atoms with van der Waals surface area (Å²) >= 11 is 0. The Bertz CT molecular complexity index is 892. The van der Waals surface area contributed by atoms with Gasteiger partial charge in [-0.1, -0.05) is 56.7 Å². The molecular formula is C25H31FN2O2. The molecule has 1 N–H and O–H groups in total. The molecule has 1 saturated carbocycles. The molecule has 1 unspecified atom stereocenters. The minimum Gasteiger partial charge on any atom is -0.389 e. The van der Waals surface area contributed by atoms with Crippen LogP contribution in [0.5, 0.6) is 0 Å². The van der Waals surface area contributed by atoms with Crippen molar-refractivity contribution in [2.75, 3.05) is 18.0 Å². The number of halogens is 1. The van der Waals surface area contributed by atoms with Gasteiger partial charge in [0.25, 0.3) is 0 Å². The smallest absolute Gasteiger partial charge is 0.248 e. The van der Waals surface area contributed by atoms with E-state index in [1.165, 1.54) is 44.6 Å². The van der Waals surface area contributed by atoms with E-state index in [-0.39, 0.29) is 18.3 Å². The van der Waals surface area contributed by atoms with E-state index in [0.29, 0.717) is 34.6 Å². The number of benzodiazepines with no additional fused rings is 1. The predicted molar refractivity (Wildman–Crippen MR) is 120 cm³/mol. The van der Waals surface area contributed by atoms with Crippen molar-refractivity contribution in [2.24, 2.45) is 4.99 Å². The first-order chi connectivity index (χ1) is 14.5. The number of carbonyl (C=O) groups is 1. The number of aliphatic imine (C=N–C) groups is 1. The van der Waals surface area contributed by atoms with Gasteiger partial charge < -0.3 is 10.0 Å². The zero-order chi connectivity index (χ0) is 21.5. The third kappa shape index (κ3) is 5.14. The molecule has 4 rings (SSSR count). The predicted octanol–water partition coefficient (Wildman–Crippen LogP) is 5.42. The van der Waals surface area contributed by atoms with Crippen molar-refractivity contribution < 1.29 is 14.3 Å². The van der Waals surface area contributed by atoms with E-state index in [2.05, 4.69) is 4.99 Å². The van der Waals surface area contributed by atoms with Gasteiger partial charge in [-0.25, -0.2) is 4.39 Å². The van der Waals surface area contributed by atoms with Crippen molar-refractivity contribution in [1.29, 1.82) is 0 Å². The van der Waals surface area contributed by atoms with Gasteiger partial charge in [-0.2, -0.15) is 0 Å². The number of benzene rings is 2. The molecule has 5 heteroatoms. The summed E-state index contributed by atoms with van der Waals surface area (Å²) in [4.78, 5) is 18.4.